The van der Waals surface area contributed by atoms with E-state index in [1.807, 2.05) is 12.1 Å². The summed E-state index contributed by atoms with van der Waals surface area (Å²) in [6, 6.07) is 13.2. The summed E-state index contributed by atoms with van der Waals surface area (Å²) in [6.07, 6.45) is 4.77. The Bertz CT molecular complexity index is 1170. The van der Waals surface area contributed by atoms with Crippen molar-refractivity contribution < 1.29 is 9.18 Å². The Morgan fingerprint density at radius 1 is 1.03 bits per heavy atom. The molecule has 2 aromatic heterocycles. The smallest absolute Gasteiger partial charge is 0.253 e. The van der Waals surface area contributed by atoms with Gasteiger partial charge in [0.05, 0.1) is 30.0 Å². The highest BCUT2D eigenvalue weighted by atomic mass is 19.1. The van der Waals surface area contributed by atoms with Gasteiger partial charge in [-0.05, 0) is 36.4 Å². The fourth-order valence-electron chi connectivity index (χ4n) is 3.15. The maximum absolute atomic E-state index is 13.2. The van der Waals surface area contributed by atoms with Crippen molar-refractivity contribution >= 4 is 11.7 Å². The number of hydrogen-bond acceptors (Lipinski definition) is 5. The third-order valence-corrected chi connectivity index (χ3v) is 4.69. The Balaban J connectivity index is 1.49. The fourth-order valence-corrected chi connectivity index (χ4v) is 3.15. The Labute approximate surface area is 172 Å². The molecule has 0 fully saturated rings. The number of carbonyl (C=O) groups excluding carboxylic acids is 1. The minimum Gasteiger partial charge on any atom is -0.382 e. The van der Waals surface area contributed by atoms with Crippen LogP contribution in [0.15, 0.2) is 67.1 Å². The van der Waals surface area contributed by atoms with E-state index >= 15 is 0 Å². The fraction of sp³-hybridized carbons (Fsp3) is 0.0909. The second-order valence-electron chi connectivity index (χ2n) is 6.84. The standard InChI is InChI=1S/C22H19FN6O/c1-29(13-17-10-26-28-21(17)15-6-8-18(23)9-7-15)22(30)16-4-2-14(3-5-16)19-11-25-12-20(24)27-19/h2-12H,13H2,1H3,(H2,24,27)(H,26,28). The zero-order chi connectivity index (χ0) is 21.1. The SMILES string of the molecule is CN(Cc1cn[nH]c1-c1ccc(F)cc1)C(=O)c1ccc(-c2cncc(N)n2)cc1. The van der Waals surface area contributed by atoms with Gasteiger partial charge in [-0.3, -0.25) is 14.9 Å². The van der Waals surface area contributed by atoms with Crippen LogP contribution in [-0.4, -0.2) is 38.0 Å². The molecule has 1 amide bonds. The third kappa shape index (κ3) is 4.02. The van der Waals surface area contributed by atoms with Crippen molar-refractivity contribution in [2.45, 2.75) is 6.54 Å². The number of amides is 1. The van der Waals surface area contributed by atoms with Gasteiger partial charge >= 0.3 is 0 Å². The van der Waals surface area contributed by atoms with Crippen molar-refractivity contribution in [3.63, 3.8) is 0 Å². The number of anilines is 1. The summed E-state index contributed by atoms with van der Waals surface area (Å²) in [7, 11) is 1.72. The molecule has 0 bridgehead atoms. The molecule has 7 nitrogen and oxygen atoms in total. The first-order valence-corrected chi connectivity index (χ1v) is 9.23. The summed E-state index contributed by atoms with van der Waals surface area (Å²) < 4.78 is 13.2. The van der Waals surface area contributed by atoms with Gasteiger partial charge in [-0.1, -0.05) is 12.1 Å². The zero-order valence-corrected chi connectivity index (χ0v) is 16.2. The van der Waals surface area contributed by atoms with E-state index in [1.54, 1.807) is 48.6 Å². The second-order valence-corrected chi connectivity index (χ2v) is 6.84. The molecule has 0 aliphatic rings. The number of hydrogen-bond donors (Lipinski definition) is 2. The monoisotopic (exact) mass is 402 g/mol. The second kappa shape index (κ2) is 8.12. The number of nitrogens with two attached hydrogens (primary N) is 1. The lowest BCUT2D eigenvalue weighted by Gasteiger charge is -2.17. The van der Waals surface area contributed by atoms with Crippen LogP contribution >= 0.6 is 0 Å². The number of aromatic amines is 1. The molecule has 8 heteroatoms. The Hall–Kier alpha value is -4.07. The van der Waals surface area contributed by atoms with E-state index in [0.717, 1.165) is 22.4 Å². The topological polar surface area (TPSA) is 101 Å². The van der Waals surface area contributed by atoms with Gasteiger partial charge in [0.15, 0.2) is 0 Å². The first-order chi connectivity index (χ1) is 14.5. The van der Waals surface area contributed by atoms with Crippen molar-refractivity contribution in [2.75, 3.05) is 12.8 Å². The normalized spacial score (nSPS) is 10.7. The van der Waals surface area contributed by atoms with Crippen LogP contribution in [-0.2, 0) is 6.54 Å². The lowest BCUT2D eigenvalue weighted by atomic mass is 10.1. The Morgan fingerprint density at radius 2 is 1.73 bits per heavy atom. The quantitative estimate of drug-likeness (QED) is 0.532. The number of aromatic nitrogens is 4. The molecule has 3 N–H and O–H groups in total. The molecule has 0 spiro atoms. The predicted molar refractivity (Wildman–Crippen MR) is 112 cm³/mol. The van der Waals surface area contributed by atoms with E-state index in [1.165, 1.54) is 18.3 Å². The summed E-state index contributed by atoms with van der Waals surface area (Å²) in [5.74, 6) is -0.101. The van der Waals surface area contributed by atoms with E-state index in [-0.39, 0.29) is 11.7 Å². The summed E-state index contributed by atoms with van der Waals surface area (Å²) >= 11 is 0. The molecule has 4 aromatic rings. The van der Waals surface area contributed by atoms with Gasteiger partial charge in [0, 0.05) is 35.8 Å². The average molecular weight is 402 g/mol. The van der Waals surface area contributed by atoms with Crippen molar-refractivity contribution in [2.24, 2.45) is 0 Å². The van der Waals surface area contributed by atoms with E-state index < -0.39 is 0 Å². The summed E-state index contributed by atoms with van der Waals surface area (Å²) in [4.78, 5) is 22.7. The molecule has 0 radical (unpaired) electrons. The minimum absolute atomic E-state index is 0.133. The Kier molecular flexibility index (Phi) is 5.21. The van der Waals surface area contributed by atoms with Crippen LogP contribution < -0.4 is 5.73 Å². The number of nitrogen functional groups attached to an aromatic ring is 1. The van der Waals surface area contributed by atoms with Crippen LogP contribution in [0.3, 0.4) is 0 Å². The van der Waals surface area contributed by atoms with Gasteiger partial charge in [0.2, 0.25) is 0 Å². The van der Waals surface area contributed by atoms with E-state index in [2.05, 4.69) is 20.2 Å². The third-order valence-electron chi connectivity index (χ3n) is 4.69. The predicted octanol–water partition coefficient (Wildman–Crippen LogP) is 3.53. The molecule has 0 atom stereocenters. The lowest BCUT2D eigenvalue weighted by molar-refractivity contribution is 0.0785. The van der Waals surface area contributed by atoms with Crippen LogP contribution in [0.25, 0.3) is 22.5 Å². The van der Waals surface area contributed by atoms with Gasteiger partial charge in [-0.25, -0.2) is 9.37 Å². The highest BCUT2D eigenvalue weighted by Gasteiger charge is 2.16. The molecular weight excluding hydrogens is 383 g/mol. The van der Waals surface area contributed by atoms with E-state index in [0.29, 0.717) is 23.6 Å². The van der Waals surface area contributed by atoms with Crippen molar-refractivity contribution in [3.05, 3.63) is 84.1 Å². The van der Waals surface area contributed by atoms with Crippen molar-refractivity contribution in [1.29, 1.82) is 0 Å². The molecule has 0 aliphatic heterocycles. The number of halogens is 1. The molecule has 0 saturated heterocycles. The van der Waals surface area contributed by atoms with Crippen molar-refractivity contribution in [3.8, 4) is 22.5 Å². The zero-order valence-electron chi connectivity index (χ0n) is 16.2. The molecule has 30 heavy (non-hydrogen) atoms. The summed E-state index contributed by atoms with van der Waals surface area (Å²) in [5, 5.41) is 7.00. The number of rotatable bonds is 5. The van der Waals surface area contributed by atoms with Crippen LogP contribution in [0.4, 0.5) is 10.2 Å². The molecule has 2 heterocycles. The molecule has 4 rings (SSSR count). The number of nitrogens with one attached hydrogen (secondary N) is 1. The van der Waals surface area contributed by atoms with E-state index in [4.69, 9.17) is 5.73 Å². The molecule has 2 aromatic carbocycles. The van der Waals surface area contributed by atoms with Crippen LogP contribution in [0, 0.1) is 5.82 Å². The number of carbonyl (C=O) groups is 1. The molecular formula is C22H19FN6O. The largest absolute Gasteiger partial charge is 0.382 e. The van der Waals surface area contributed by atoms with Crippen LogP contribution in [0.1, 0.15) is 15.9 Å². The first kappa shape index (κ1) is 19.3. The van der Waals surface area contributed by atoms with Crippen LogP contribution in [0.2, 0.25) is 0 Å². The van der Waals surface area contributed by atoms with Crippen molar-refractivity contribution in [1.82, 2.24) is 25.1 Å². The van der Waals surface area contributed by atoms with Gasteiger partial charge < -0.3 is 10.6 Å². The molecule has 0 aliphatic carbocycles. The Morgan fingerprint density at radius 3 is 2.43 bits per heavy atom. The summed E-state index contributed by atoms with van der Waals surface area (Å²) in [5.41, 5.74) is 10.1. The number of nitrogens with zero attached hydrogens (tertiary/aromatic N) is 4. The number of H-pyrrole nitrogens is 1. The average Bonchev–Trinajstić information content (AvgIpc) is 3.22. The van der Waals surface area contributed by atoms with Gasteiger partial charge in [0.25, 0.3) is 5.91 Å². The molecule has 150 valence electrons. The lowest BCUT2D eigenvalue weighted by Crippen LogP contribution is -2.26. The minimum atomic E-state index is -0.306. The molecule has 0 unspecified atom stereocenters. The maximum atomic E-state index is 13.2. The molecule has 0 saturated carbocycles. The van der Waals surface area contributed by atoms with Gasteiger partial charge in [0.1, 0.15) is 11.6 Å². The first-order valence-electron chi connectivity index (χ1n) is 9.23. The van der Waals surface area contributed by atoms with Gasteiger partial charge in [-0.15, -0.1) is 0 Å². The highest BCUT2D eigenvalue weighted by molar-refractivity contribution is 5.94. The number of benzene rings is 2. The van der Waals surface area contributed by atoms with E-state index in [9.17, 15) is 9.18 Å². The van der Waals surface area contributed by atoms with Gasteiger partial charge in [-0.2, -0.15) is 5.10 Å². The highest BCUT2D eigenvalue weighted by Crippen LogP contribution is 2.23. The maximum Gasteiger partial charge on any atom is 0.253 e. The summed E-state index contributed by atoms with van der Waals surface area (Å²) in [6.45, 7) is 0.352. The van der Waals surface area contributed by atoms with Crippen LogP contribution in [0.5, 0.6) is 0 Å².